The molecule has 0 aliphatic carbocycles. The Labute approximate surface area is 215 Å². The third-order valence-electron chi connectivity index (χ3n) is 6.67. The molecule has 36 heavy (non-hydrogen) atoms. The first-order valence-corrected chi connectivity index (χ1v) is 14.5. The molecule has 1 aliphatic heterocycles. The highest BCUT2D eigenvalue weighted by Gasteiger charge is 2.43. The lowest BCUT2D eigenvalue weighted by Gasteiger charge is -2.31. The Kier molecular flexibility index (Phi) is 10.0. The lowest BCUT2D eigenvalue weighted by molar-refractivity contribution is -0.131. The Bertz CT molecular complexity index is 956. The first-order valence-electron chi connectivity index (χ1n) is 12.6. The molecule has 0 saturated carbocycles. The summed E-state index contributed by atoms with van der Waals surface area (Å²) in [6, 6.07) is 8.68. The van der Waals surface area contributed by atoms with E-state index in [4.69, 9.17) is 18.0 Å². The molecular weight excluding hydrogens is 478 g/mol. The van der Waals surface area contributed by atoms with Crippen molar-refractivity contribution in [3.05, 3.63) is 41.6 Å². The molecule has 1 N–H and O–H groups in total. The number of hydrogen-bond acceptors (Lipinski definition) is 8. The maximum Gasteiger partial charge on any atom is 0.500 e. The van der Waals surface area contributed by atoms with Crippen LogP contribution in [0.5, 0.6) is 5.88 Å². The molecule has 0 radical (unpaired) electrons. The van der Waals surface area contributed by atoms with Crippen LogP contribution in [0.1, 0.15) is 51.2 Å². The van der Waals surface area contributed by atoms with Crippen molar-refractivity contribution in [3.8, 4) is 5.88 Å². The topological polar surface area (TPSA) is 100.0 Å². The molecule has 0 bridgehead atoms. The van der Waals surface area contributed by atoms with Gasteiger partial charge in [-0.25, -0.2) is 4.68 Å². The van der Waals surface area contributed by atoms with Crippen LogP contribution in [-0.4, -0.2) is 74.2 Å². The fraction of sp³-hybridized carbons (Fsp3) is 0.640. The molecule has 11 heteroatoms. The van der Waals surface area contributed by atoms with Gasteiger partial charge in [0.15, 0.2) is 0 Å². The van der Waals surface area contributed by atoms with E-state index in [0.717, 1.165) is 36.9 Å². The van der Waals surface area contributed by atoms with E-state index in [0.29, 0.717) is 31.5 Å². The van der Waals surface area contributed by atoms with Crippen LogP contribution in [-0.2, 0) is 37.6 Å². The maximum atomic E-state index is 12.9. The van der Waals surface area contributed by atoms with Gasteiger partial charge in [0.1, 0.15) is 6.61 Å². The van der Waals surface area contributed by atoms with Crippen molar-refractivity contribution < 1.29 is 22.8 Å². The number of aromatic nitrogens is 3. The number of rotatable bonds is 15. The molecule has 1 amide bonds. The third-order valence-corrected chi connectivity index (χ3v) is 9.50. The van der Waals surface area contributed by atoms with Gasteiger partial charge in [0, 0.05) is 40.5 Å². The van der Waals surface area contributed by atoms with E-state index in [2.05, 4.69) is 48.5 Å². The van der Waals surface area contributed by atoms with Crippen LogP contribution in [0.25, 0.3) is 0 Å². The Morgan fingerprint density at radius 3 is 2.33 bits per heavy atom. The monoisotopic (exact) mass is 519 g/mol. The van der Waals surface area contributed by atoms with Crippen LogP contribution >= 0.6 is 0 Å². The SMILES string of the molecule is CCCCN1C(=O)[C@H](Cc2ccc(COc3cn(CCC[Si](OC)(OC)OC)nn3)cc2)NC1(C)C. The summed E-state index contributed by atoms with van der Waals surface area (Å²) in [6.07, 6.45) is 5.33. The molecule has 0 unspecified atom stereocenters. The van der Waals surface area contributed by atoms with Crippen molar-refractivity contribution in [2.24, 2.45) is 0 Å². The molecule has 1 aromatic carbocycles. The Balaban J connectivity index is 1.46. The number of carbonyl (C=O) groups excluding carboxylic acids is 1. The standard InChI is InChI=1S/C25H41N5O5Si/c1-7-8-15-30-24(31)22(26-25(30,2)3)17-20-10-12-21(13-11-20)19-35-23-18-29(28-27-23)14-9-16-36(32-4,33-5)34-6/h10-13,18,22,26H,7-9,14-17,19H2,1-6H3/t22-/m0/s1. The van der Waals surface area contributed by atoms with Crippen molar-refractivity contribution in [1.29, 1.82) is 0 Å². The summed E-state index contributed by atoms with van der Waals surface area (Å²) >= 11 is 0. The number of nitrogens with one attached hydrogen (secondary N) is 1. The smallest absolute Gasteiger partial charge is 0.471 e. The average Bonchev–Trinajstić information content (AvgIpc) is 3.41. The number of aryl methyl sites for hydroxylation is 1. The molecule has 3 rings (SSSR count). The second-order valence-corrected chi connectivity index (χ2v) is 12.7. The predicted octanol–water partition coefficient (Wildman–Crippen LogP) is 3.00. The average molecular weight is 520 g/mol. The predicted molar refractivity (Wildman–Crippen MR) is 138 cm³/mol. The van der Waals surface area contributed by atoms with Crippen LogP contribution in [0.4, 0.5) is 0 Å². The van der Waals surface area contributed by atoms with Crippen molar-refractivity contribution in [1.82, 2.24) is 25.2 Å². The van der Waals surface area contributed by atoms with Gasteiger partial charge in [-0.05, 0) is 44.2 Å². The minimum Gasteiger partial charge on any atom is -0.471 e. The molecule has 200 valence electrons. The zero-order valence-corrected chi connectivity index (χ0v) is 23.5. The number of benzene rings is 1. The molecule has 2 aromatic rings. The van der Waals surface area contributed by atoms with Gasteiger partial charge >= 0.3 is 8.80 Å². The van der Waals surface area contributed by atoms with Gasteiger partial charge in [0.2, 0.25) is 5.91 Å². The molecule has 1 fully saturated rings. The van der Waals surface area contributed by atoms with Gasteiger partial charge in [-0.1, -0.05) is 47.9 Å². The summed E-state index contributed by atoms with van der Waals surface area (Å²) in [5, 5.41) is 11.7. The number of hydrogen-bond donors (Lipinski definition) is 1. The Morgan fingerprint density at radius 1 is 1.03 bits per heavy atom. The fourth-order valence-corrected chi connectivity index (χ4v) is 6.21. The zero-order chi connectivity index (χ0) is 26.2. The minimum atomic E-state index is -2.58. The summed E-state index contributed by atoms with van der Waals surface area (Å²) < 4.78 is 23.9. The Hall–Kier alpha value is -2.31. The maximum absolute atomic E-state index is 12.9. The highest BCUT2D eigenvalue weighted by Crippen LogP contribution is 2.24. The van der Waals surface area contributed by atoms with E-state index >= 15 is 0 Å². The summed E-state index contributed by atoms with van der Waals surface area (Å²) in [5.41, 5.74) is 1.83. The minimum absolute atomic E-state index is 0.184. The van der Waals surface area contributed by atoms with E-state index in [-0.39, 0.29) is 17.6 Å². The summed E-state index contributed by atoms with van der Waals surface area (Å²) in [5.74, 6) is 0.659. The van der Waals surface area contributed by atoms with Crippen LogP contribution in [0.3, 0.4) is 0 Å². The number of nitrogens with zero attached hydrogens (tertiary/aromatic N) is 4. The molecule has 10 nitrogen and oxygen atoms in total. The van der Waals surface area contributed by atoms with E-state index in [1.807, 2.05) is 17.0 Å². The zero-order valence-electron chi connectivity index (χ0n) is 22.5. The summed E-state index contributed by atoms with van der Waals surface area (Å²) in [4.78, 5) is 14.9. The highest BCUT2D eigenvalue weighted by atomic mass is 28.4. The van der Waals surface area contributed by atoms with Gasteiger partial charge in [-0.15, -0.1) is 0 Å². The van der Waals surface area contributed by atoms with E-state index in [9.17, 15) is 4.79 Å². The highest BCUT2D eigenvalue weighted by molar-refractivity contribution is 6.60. The number of unbranched alkanes of at least 4 members (excludes halogenated alkanes) is 1. The number of ether oxygens (including phenoxy) is 1. The third kappa shape index (κ3) is 7.13. The molecule has 1 aliphatic rings. The first-order chi connectivity index (χ1) is 17.3. The molecule has 1 atom stereocenters. The van der Waals surface area contributed by atoms with Gasteiger partial charge in [0.25, 0.3) is 5.88 Å². The molecule has 0 spiro atoms. The van der Waals surface area contributed by atoms with E-state index < -0.39 is 8.80 Å². The quantitative estimate of drug-likeness (QED) is 0.359. The second-order valence-electron chi connectivity index (χ2n) is 9.63. The van der Waals surface area contributed by atoms with E-state index in [1.165, 1.54) is 0 Å². The largest absolute Gasteiger partial charge is 0.500 e. The van der Waals surface area contributed by atoms with Gasteiger partial charge in [-0.2, -0.15) is 0 Å². The molecular formula is C25H41N5O5Si. The molecule has 1 aromatic heterocycles. The second kappa shape index (κ2) is 12.8. The summed E-state index contributed by atoms with van der Waals surface area (Å²) in [6.45, 7) is 8.14. The normalized spacial score (nSPS) is 17.7. The van der Waals surface area contributed by atoms with E-state index in [1.54, 1.807) is 32.2 Å². The van der Waals surface area contributed by atoms with Crippen LogP contribution in [0.15, 0.2) is 30.5 Å². The van der Waals surface area contributed by atoms with Crippen LogP contribution in [0.2, 0.25) is 6.04 Å². The van der Waals surface area contributed by atoms with Crippen molar-refractivity contribution in [3.63, 3.8) is 0 Å². The van der Waals surface area contributed by atoms with Gasteiger partial charge in [0.05, 0.1) is 17.9 Å². The number of carbonyl (C=O) groups is 1. The fourth-order valence-electron chi connectivity index (χ4n) is 4.51. The van der Waals surface area contributed by atoms with Gasteiger partial charge < -0.3 is 22.9 Å². The molecule has 1 saturated heterocycles. The van der Waals surface area contributed by atoms with Crippen molar-refractivity contribution in [2.75, 3.05) is 27.9 Å². The summed E-state index contributed by atoms with van der Waals surface area (Å²) in [7, 11) is 2.26. The lowest BCUT2D eigenvalue weighted by Crippen LogP contribution is -2.47. The van der Waals surface area contributed by atoms with Crippen molar-refractivity contribution in [2.45, 2.75) is 77.4 Å². The first kappa shape index (κ1) is 28.3. The van der Waals surface area contributed by atoms with Crippen LogP contribution in [0, 0.1) is 0 Å². The van der Waals surface area contributed by atoms with Crippen molar-refractivity contribution >= 4 is 14.7 Å². The van der Waals surface area contributed by atoms with Gasteiger partial charge in [-0.3, -0.25) is 10.1 Å². The Morgan fingerprint density at radius 2 is 1.69 bits per heavy atom. The number of amides is 1. The molecule has 2 heterocycles. The van der Waals surface area contributed by atoms with Crippen LogP contribution < -0.4 is 10.1 Å². The lowest BCUT2D eigenvalue weighted by atomic mass is 10.0.